The van der Waals surface area contributed by atoms with Crippen LogP contribution in [0.15, 0.2) is 24.5 Å². The van der Waals surface area contributed by atoms with Crippen molar-refractivity contribution in [2.24, 2.45) is 0 Å². The molecule has 1 N–H and O–H groups in total. The van der Waals surface area contributed by atoms with Crippen LogP contribution in [0.4, 0.5) is 0 Å². The molecule has 1 amide bonds. The fraction of sp³-hybridized carbons (Fsp3) is 0.571. The first-order valence-electron chi connectivity index (χ1n) is 6.21. The smallest absolute Gasteiger partial charge is 0.253 e. The number of ether oxygens (including phenoxy) is 1. The minimum absolute atomic E-state index is 0.0141. The molecule has 0 spiro atoms. The summed E-state index contributed by atoms with van der Waals surface area (Å²) in [5, 5.41) is 3.04. The number of nitrogens with one attached hydrogen (secondary N) is 1. The van der Waals surface area contributed by atoms with Crippen LogP contribution in [0.5, 0.6) is 0 Å². The molecule has 0 unspecified atom stereocenters. The molecular formula is C14H20N2O2. The number of hydrogen-bond acceptors (Lipinski definition) is 3. The van der Waals surface area contributed by atoms with Crippen molar-refractivity contribution >= 4 is 5.91 Å². The van der Waals surface area contributed by atoms with Gasteiger partial charge in [-0.25, -0.2) is 0 Å². The first kappa shape index (κ1) is 13.0. The lowest BCUT2D eigenvalue weighted by molar-refractivity contribution is -0.0693. The molecule has 98 valence electrons. The molecule has 1 saturated heterocycles. The maximum atomic E-state index is 12.1. The maximum Gasteiger partial charge on any atom is 0.253 e. The lowest BCUT2D eigenvalue weighted by Crippen LogP contribution is -2.46. The molecule has 1 aliphatic rings. The molecule has 4 nitrogen and oxygen atoms in total. The second-order valence-electron chi connectivity index (χ2n) is 5.94. The number of rotatable bonds is 2. The number of aromatic nitrogens is 1. The fourth-order valence-electron chi connectivity index (χ4n) is 2.53. The van der Waals surface area contributed by atoms with E-state index in [0.717, 1.165) is 6.42 Å². The van der Waals surface area contributed by atoms with E-state index in [1.807, 2.05) is 27.7 Å². The summed E-state index contributed by atoms with van der Waals surface area (Å²) in [7, 11) is 0. The second kappa shape index (κ2) is 4.35. The molecule has 18 heavy (non-hydrogen) atoms. The van der Waals surface area contributed by atoms with E-state index in [0.29, 0.717) is 5.56 Å². The van der Waals surface area contributed by atoms with Gasteiger partial charge >= 0.3 is 0 Å². The molecular weight excluding hydrogens is 228 g/mol. The Bertz CT molecular complexity index is 440. The molecule has 2 rings (SSSR count). The molecule has 1 aromatic rings. The first-order valence-corrected chi connectivity index (χ1v) is 6.21. The van der Waals surface area contributed by atoms with Crippen LogP contribution in [0.3, 0.4) is 0 Å². The summed E-state index contributed by atoms with van der Waals surface area (Å²) in [6.45, 7) is 8.11. The van der Waals surface area contributed by atoms with Crippen LogP contribution in [0.1, 0.15) is 44.5 Å². The second-order valence-corrected chi connectivity index (χ2v) is 5.94. The van der Waals surface area contributed by atoms with Gasteiger partial charge in [-0.3, -0.25) is 9.78 Å². The highest BCUT2D eigenvalue weighted by molar-refractivity contribution is 5.94. The normalized spacial score (nSPS) is 24.8. The van der Waals surface area contributed by atoms with Crippen molar-refractivity contribution in [1.82, 2.24) is 10.3 Å². The first-order chi connectivity index (χ1) is 8.30. The zero-order chi connectivity index (χ0) is 13.4. The van der Waals surface area contributed by atoms with Crippen molar-refractivity contribution in [1.29, 1.82) is 0 Å². The molecule has 1 fully saturated rings. The lowest BCUT2D eigenvalue weighted by atomic mass is 9.94. The molecule has 4 heteroatoms. The molecule has 0 aromatic carbocycles. The van der Waals surface area contributed by atoms with Gasteiger partial charge in [0.1, 0.15) is 0 Å². The van der Waals surface area contributed by atoms with Gasteiger partial charge < -0.3 is 10.1 Å². The Morgan fingerprint density at radius 1 is 1.44 bits per heavy atom. The molecule has 1 aliphatic heterocycles. The van der Waals surface area contributed by atoms with E-state index in [2.05, 4.69) is 10.3 Å². The van der Waals surface area contributed by atoms with Crippen LogP contribution >= 0.6 is 0 Å². The average molecular weight is 248 g/mol. The van der Waals surface area contributed by atoms with Crippen LogP contribution in [0.2, 0.25) is 0 Å². The van der Waals surface area contributed by atoms with E-state index in [1.165, 1.54) is 0 Å². The summed E-state index contributed by atoms with van der Waals surface area (Å²) in [5.74, 6) is -0.0949. The van der Waals surface area contributed by atoms with Gasteiger partial charge in [-0.05, 0) is 46.2 Å². The highest BCUT2D eigenvalue weighted by Crippen LogP contribution is 2.37. The minimum atomic E-state index is -0.346. The van der Waals surface area contributed by atoms with E-state index in [1.54, 1.807) is 24.5 Å². The van der Waals surface area contributed by atoms with Crippen molar-refractivity contribution in [3.63, 3.8) is 0 Å². The maximum absolute atomic E-state index is 12.1. The summed E-state index contributed by atoms with van der Waals surface area (Å²) < 4.78 is 5.96. The Morgan fingerprint density at radius 3 is 2.67 bits per heavy atom. The third-order valence-electron chi connectivity index (χ3n) is 3.30. The zero-order valence-electron chi connectivity index (χ0n) is 11.4. The summed E-state index contributed by atoms with van der Waals surface area (Å²) in [6.07, 6.45) is 4.04. The highest BCUT2D eigenvalue weighted by Gasteiger charge is 2.46. The van der Waals surface area contributed by atoms with E-state index >= 15 is 0 Å². The van der Waals surface area contributed by atoms with Crippen molar-refractivity contribution < 1.29 is 9.53 Å². The van der Waals surface area contributed by atoms with Gasteiger partial charge in [0.2, 0.25) is 0 Å². The van der Waals surface area contributed by atoms with Crippen molar-refractivity contribution in [2.75, 3.05) is 0 Å². The predicted molar refractivity (Wildman–Crippen MR) is 69.4 cm³/mol. The third-order valence-corrected chi connectivity index (χ3v) is 3.30. The largest absolute Gasteiger partial charge is 0.367 e. The fourth-order valence-corrected chi connectivity index (χ4v) is 2.53. The average Bonchev–Trinajstić information content (AvgIpc) is 2.48. The lowest BCUT2D eigenvalue weighted by Gasteiger charge is -2.27. The van der Waals surface area contributed by atoms with E-state index < -0.39 is 0 Å². The monoisotopic (exact) mass is 248 g/mol. The van der Waals surface area contributed by atoms with Crippen LogP contribution in [-0.2, 0) is 4.74 Å². The predicted octanol–water partition coefficient (Wildman–Crippen LogP) is 2.16. The van der Waals surface area contributed by atoms with Crippen molar-refractivity contribution in [3.8, 4) is 0 Å². The Kier molecular flexibility index (Phi) is 3.15. The van der Waals surface area contributed by atoms with Gasteiger partial charge in [-0.1, -0.05) is 0 Å². The minimum Gasteiger partial charge on any atom is -0.367 e. The van der Waals surface area contributed by atoms with Gasteiger partial charge in [-0.2, -0.15) is 0 Å². The van der Waals surface area contributed by atoms with Gasteiger partial charge in [-0.15, -0.1) is 0 Å². The number of nitrogens with zero attached hydrogens (tertiary/aromatic N) is 1. The van der Waals surface area contributed by atoms with Gasteiger partial charge in [0.15, 0.2) is 0 Å². The number of amides is 1. The van der Waals surface area contributed by atoms with Crippen molar-refractivity contribution in [3.05, 3.63) is 30.1 Å². The number of pyridine rings is 1. The van der Waals surface area contributed by atoms with Crippen molar-refractivity contribution in [2.45, 2.75) is 51.4 Å². The quantitative estimate of drug-likeness (QED) is 0.872. The summed E-state index contributed by atoms with van der Waals surface area (Å²) in [5.41, 5.74) is 0.0376. The topological polar surface area (TPSA) is 51.2 Å². The van der Waals surface area contributed by atoms with Gasteiger partial charge in [0, 0.05) is 12.4 Å². The van der Waals surface area contributed by atoms with Crippen LogP contribution < -0.4 is 5.32 Å². The van der Waals surface area contributed by atoms with E-state index in [-0.39, 0.29) is 23.2 Å². The third kappa shape index (κ3) is 2.70. The van der Waals surface area contributed by atoms with Crippen LogP contribution in [0.25, 0.3) is 0 Å². The standard InChI is InChI=1S/C14H20N2O2/c1-13(2)8-11(14(3,4)18-13)16-12(17)10-6-5-7-15-9-10/h5-7,9,11H,8H2,1-4H3,(H,16,17)/t11-/m1/s1. The number of carbonyl (C=O) groups is 1. The van der Waals surface area contributed by atoms with Crippen LogP contribution in [-0.4, -0.2) is 28.1 Å². The molecule has 1 atom stereocenters. The summed E-state index contributed by atoms with van der Waals surface area (Å²) in [4.78, 5) is 16.0. The number of carbonyl (C=O) groups excluding carboxylic acids is 1. The summed E-state index contributed by atoms with van der Waals surface area (Å²) >= 11 is 0. The Hall–Kier alpha value is -1.42. The molecule has 0 bridgehead atoms. The molecule has 1 aromatic heterocycles. The molecule has 2 heterocycles. The molecule has 0 radical (unpaired) electrons. The van der Waals surface area contributed by atoms with E-state index in [9.17, 15) is 4.79 Å². The van der Waals surface area contributed by atoms with Gasteiger partial charge in [0.25, 0.3) is 5.91 Å². The molecule has 0 saturated carbocycles. The summed E-state index contributed by atoms with van der Waals surface area (Å²) in [6, 6.07) is 3.53. The highest BCUT2D eigenvalue weighted by atomic mass is 16.5. The zero-order valence-corrected chi connectivity index (χ0v) is 11.4. The SMILES string of the molecule is CC1(C)C[C@@H](NC(=O)c2cccnc2)C(C)(C)O1. The Morgan fingerprint density at radius 2 is 2.17 bits per heavy atom. The molecule has 0 aliphatic carbocycles. The Labute approximate surface area is 108 Å². The van der Waals surface area contributed by atoms with Crippen LogP contribution in [0, 0.1) is 0 Å². The Balaban J connectivity index is 2.09. The van der Waals surface area contributed by atoms with E-state index in [4.69, 9.17) is 4.74 Å². The van der Waals surface area contributed by atoms with Gasteiger partial charge in [0.05, 0.1) is 22.8 Å². The number of hydrogen-bond donors (Lipinski definition) is 1.